The molecule has 2 aliphatic heterocycles. The summed E-state index contributed by atoms with van der Waals surface area (Å²) in [6.45, 7) is 8.80. The lowest BCUT2D eigenvalue weighted by molar-refractivity contribution is 0.156. The molecule has 2 atom stereocenters. The molecule has 0 amide bonds. The van der Waals surface area contributed by atoms with Crippen LogP contribution in [0.4, 0.5) is 0 Å². The first-order valence-corrected chi connectivity index (χ1v) is 9.73. The Morgan fingerprint density at radius 2 is 1.89 bits per heavy atom. The van der Waals surface area contributed by atoms with Gasteiger partial charge in [0.2, 0.25) is 0 Å². The van der Waals surface area contributed by atoms with Crippen molar-refractivity contribution in [2.24, 2.45) is 0 Å². The first-order chi connectivity index (χ1) is 12.9. The van der Waals surface area contributed by atoms with Gasteiger partial charge >= 0.3 is 0 Å². The van der Waals surface area contributed by atoms with Gasteiger partial charge in [-0.2, -0.15) is 12.6 Å². The van der Waals surface area contributed by atoms with Crippen molar-refractivity contribution in [1.29, 1.82) is 0 Å². The first kappa shape index (κ1) is 18.4. The molecule has 144 valence electrons. The zero-order valence-corrected chi connectivity index (χ0v) is 16.8. The summed E-state index contributed by atoms with van der Waals surface area (Å²) < 4.78 is 17.4. The zero-order valence-electron chi connectivity index (χ0n) is 15.9. The van der Waals surface area contributed by atoms with Crippen LogP contribution < -0.4 is 14.2 Å². The second-order valence-electron chi connectivity index (χ2n) is 7.28. The summed E-state index contributed by atoms with van der Waals surface area (Å²) in [5, 5.41) is 0. The van der Waals surface area contributed by atoms with E-state index in [0.29, 0.717) is 24.8 Å². The van der Waals surface area contributed by atoms with Crippen LogP contribution in [0.1, 0.15) is 30.4 Å². The molecule has 4 heterocycles. The van der Waals surface area contributed by atoms with Gasteiger partial charge in [0, 0.05) is 36.6 Å². The molecular formula is C20H25N3O3S. The van der Waals surface area contributed by atoms with Crippen LogP contribution >= 0.6 is 12.6 Å². The standard InChI is InChI=1S/C20H25N3O3S/c1-13-10-16(11-14(2)21-13)26-15-6-7-23(12-15)20(3,27)18-5-4-17-19(22-18)25-9-8-24-17/h4-5,10-11,15,27H,6-9,12H2,1-3H3/t15-,20?/m0/s1. The monoisotopic (exact) mass is 387 g/mol. The van der Waals surface area contributed by atoms with Crippen LogP contribution in [0.25, 0.3) is 0 Å². The Morgan fingerprint density at radius 1 is 1.15 bits per heavy atom. The average Bonchev–Trinajstić information content (AvgIpc) is 3.09. The number of hydrogen-bond acceptors (Lipinski definition) is 7. The first-order valence-electron chi connectivity index (χ1n) is 9.28. The topological polar surface area (TPSA) is 56.7 Å². The number of pyridine rings is 2. The number of aromatic nitrogens is 2. The Labute approximate surface area is 165 Å². The Balaban J connectivity index is 1.47. The molecule has 1 fully saturated rings. The average molecular weight is 388 g/mol. The van der Waals surface area contributed by atoms with Crippen LogP contribution in [0, 0.1) is 13.8 Å². The number of nitrogens with zero attached hydrogens (tertiary/aromatic N) is 3. The molecule has 0 aliphatic carbocycles. The summed E-state index contributed by atoms with van der Waals surface area (Å²) in [5.74, 6) is 2.12. The number of likely N-dealkylation sites (tertiary alicyclic amines) is 1. The van der Waals surface area contributed by atoms with E-state index in [1.807, 2.05) is 38.1 Å². The zero-order chi connectivity index (χ0) is 19.0. The molecule has 27 heavy (non-hydrogen) atoms. The maximum atomic E-state index is 6.21. The maximum absolute atomic E-state index is 6.21. The quantitative estimate of drug-likeness (QED) is 0.814. The molecule has 0 aromatic carbocycles. The van der Waals surface area contributed by atoms with E-state index in [1.165, 1.54) is 0 Å². The lowest BCUT2D eigenvalue weighted by Crippen LogP contribution is -2.40. The van der Waals surface area contributed by atoms with Crippen molar-refractivity contribution >= 4 is 12.6 Å². The van der Waals surface area contributed by atoms with Gasteiger partial charge in [-0.3, -0.25) is 9.88 Å². The van der Waals surface area contributed by atoms with Gasteiger partial charge in [0.15, 0.2) is 5.75 Å². The molecule has 4 rings (SSSR count). The number of hydrogen-bond donors (Lipinski definition) is 1. The van der Waals surface area contributed by atoms with Crippen LogP contribution in [0.3, 0.4) is 0 Å². The van der Waals surface area contributed by atoms with Gasteiger partial charge in [-0.05, 0) is 39.3 Å². The van der Waals surface area contributed by atoms with Gasteiger partial charge in [-0.15, -0.1) is 0 Å². The number of ether oxygens (including phenoxy) is 3. The van der Waals surface area contributed by atoms with E-state index in [0.717, 1.165) is 42.3 Å². The van der Waals surface area contributed by atoms with Crippen molar-refractivity contribution < 1.29 is 14.2 Å². The summed E-state index contributed by atoms with van der Waals surface area (Å²) in [6, 6.07) is 7.85. The summed E-state index contributed by atoms with van der Waals surface area (Å²) in [6.07, 6.45) is 1.07. The predicted molar refractivity (Wildman–Crippen MR) is 106 cm³/mol. The molecule has 1 saturated heterocycles. The fourth-order valence-electron chi connectivity index (χ4n) is 3.63. The van der Waals surface area contributed by atoms with E-state index in [9.17, 15) is 0 Å². The van der Waals surface area contributed by atoms with Crippen molar-refractivity contribution in [3.05, 3.63) is 41.3 Å². The normalized spacial score (nSPS) is 21.7. The molecule has 2 aliphatic rings. The summed E-state index contributed by atoms with van der Waals surface area (Å²) in [5.41, 5.74) is 2.80. The van der Waals surface area contributed by atoms with E-state index >= 15 is 0 Å². The third kappa shape index (κ3) is 3.84. The minimum atomic E-state index is -0.516. The fraction of sp³-hybridized carbons (Fsp3) is 0.500. The van der Waals surface area contributed by atoms with Gasteiger partial charge in [-0.1, -0.05) is 0 Å². The lowest BCUT2D eigenvalue weighted by Gasteiger charge is -2.34. The molecule has 1 unspecified atom stereocenters. The van der Waals surface area contributed by atoms with E-state index in [1.54, 1.807) is 0 Å². The molecule has 2 aromatic heterocycles. The third-order valence-corrected chi connectivity index (χ3v) is 5.52. The van der Waals surface area contributed by atoms with Gasteiger partial charge < -0.3 is 14.2 Å². The molecule has 7 heteroatoms. The molecule has 2 aromatic rings. The van der Waals surface area contributed by atoms with Crippen LogP contribution in [0.2, 0.25) is 0 Å². The van der Waals surface area contributed by atoms with Crippen LogP contribution in [0.15, 0.2) is 24.3 Å². The maximum Gasteiger partial charge on any atom is 0.257 e. The highest BCUT2D eigenvalue weighted by Gasteiger charge is 2.38. The largest absolute Gasteiger partial charge is 0.489 e. The van der Waals surface area contributed by atoms with Gasteiger partial charge in [0.25, 0.3) is 5.88 Å². The smallest absolute Gasteiger partial charge is 0.257 e. The van der Waals surface area contributed by atoms with Crippen molar-refractivity contribution in [2.45, 2.75) is 38.2 Å². The highest BCUT2D eigenvalue weighted by Crippen LogP contribution is 2.38. The van der Waals surface area contributed by atoms with Crippen LogP contribution in [-0.4, -0.2) is 47.3 Å². The molecule has 0 bridgehead atoms. The molecule has 0 radical (unpaired) electrons. The summed E-state index contributed by atoms with van der Waals surface area (Å²) >= 11 is 4.94. The predicted octanol–water partition coefficient (Wildman–Crippen LogP) is 3.12. The minimum absolute atomic E-state index is 0.120. The highest BCUT2D eigenvalue weighted by molar-refractivity contribution is 7.81. The van der Waals surface area contributed by atoms with E-state index in [2.05, 4.69) is 21.8 Å². The molecule has 0 N–H and O–H groups in total. The van der Waals surface area contributed by atoms with Crippen molar-refractivity contribution in [3.63, 3.8) is 0 Å². The molecular weight excluding hydrogens is 362 g/mol. The minimum Gasteiger partial charge on any atom is -0.489 e. The highest BCUT2D eigenvalue weighted by atomic mass is 32.1. The number of rotatable bonds is 4. The Morgan fingerprint density at radius 3 is 2.67 bits per heavy atom. The molecule has 0 saturated carbocycles. The van der Waals surface area contributed by atoms with Crippen molar-refractivity contribution in [3.8, 4) is 17.4 Å². The van der Waals surface area contributed by atoms with Gasteiger partial charge in [0.05, 0.1) is 5.69 Å². The molecule has 0 spiro atoms. The SMILES string of the molecule is Cc1cc(O[C@H]2CCN(C(C)(S)c3ccc4c(n3)OCCO4)C2)cc(C)n1. The summed E-state index contributed by atoms with van der Waals surface area (Å²) in [7, 11) is 0. The van der Waals surface area contributed by atoms with Crippen LogP contribution in [0.5, 0.6) is 17.4 Å². The molecule has 6 nitrogen and oxygen atoms in total. The fourth-order valence-corrected chi connectivity index (χ4v) is 3.94. The van der Waals surface area contributed by atoms with E-state index in [4.69, 9.17) is 26.8 Å². The lowest BCUT2D eigenvalue weighted by atomic mass is 10.1. The second kappa shape index (κ2) is 7.20. The van der Waals surface area contributed by atoms with E-state index < -0.39 is 4.87 Å². The van der Waals surface area contributed by atoms with Crippen molar-refractivity contribution in [2.75, 3.05) is 26.3 Å². The summed E-state index contributed by atoms with van der Waals surface area (Å²) in [4.78, 5) is 10.8. The second-order valence-corrected chi connectivity index (χ2v) is 8.15. The Bertz CT molecular complexity index is 823. The van der Waals surface area contributed by atoms with Crippen LogP contribution in [-0.2, 0) is 4.87 Å². The van der Waals surface area contributed by atoms with Gasteiger partial charge in [0.1, 0.15) is 29.9 Å². The Hall–Kier alpha value is -1.99. The third-order valence-electron chi connectivity index (χ3n) is 5.01. The van der Waals surface area contributed by atoms with Gasteiger partial charge in [-0.25, -0.2) is 4.98 Å². The van der Waals surface area contributed by atoms with E-state index in [-0.39, 0.29) is 6.10 Å². The number of aryl methyl sites for hydroxylation is 2. The Kier molecular flexibility index (Phi) is 4.90. The number of fused-ring (bicyclic) bond motifs is 1. The van der Waals surface area contributed by atoms with Crippen molar-refractivity contribution in [1.82, 2.24) is 14.9 Å². The number of thiol groups is 1.